The van der Waals surface area contributed by atoms with Gasteiger partial charge in [-0.05, 0) is 49.7 Å². The van der Waals surface area contributed by atoms with Crippen molar-refractivity contribution in [3.05, 3.63) is 30.1 Å². The van der Waals surface area contributed by atoms with Crippen LogP contribution in [0.25, 0.3) is 0 Å². The first kappa shape index (κ1) is 10.4. The third kappa shape index (κ3) is 2.07. The monoisotopic (exact) mass is 229 g/mol. The minimum Gasteiger partial charge on any atom is -0.267 e. The molecule has 88 valence electrons. The molecule has 4 heteroatoms. The SMILES string of the molecule is O=C(N/N=C1/CC2CCC1C2)c1cccnc1. The molecular formula is C13H15N3O. The molecule has 2 atom stereocenters. The number of nitrogens with one attached hydrogen (secondary N) is 1. The predicted octanol–water partition coefficient (Wildman–Crippen LogP) is 1.99. The second kappa shape index (κ2) is 4.28. The van der Waals surface area contributed by atoms with Crippen LogP contribution >= 0.6 is 0 Å². The summed E-state index contributed by atoms with van der Waals surface area (Å²) < 4.78 is 0. The molecule has 0 aliphatic heterocycles. The van der Waals surface area contributed by atoms with Crippen LogP contribution in [-0.4, -0.2) is 16.6 Å². The number of aromatic nitrogens is 1. The topological polar surface area (TPSA) is 54.4 Å². The van der Waals surface area contributed by atoms with Gasteiger partial charge in [-0.15, -0.1) is 0 Å². The fourth-order valence-corrected chi connectivity index (χ4v) is 2.85. The van der Waals surface area contributed by atoms with E-state index in [4.69, 9.17) is 0 Å². The number of fused-ring (bicyclic) bond motifs is 2. The Morgan fingerprint density at radius 2 is 2.41 bits per heavy atom. The molecule has 1 N–H and O–H groups in total. The van der Waals surface area contributed by atoms with E-state index in [1.165, 1.54) is 25.0 Å². The molecule has 1 heterocycles. The number of nitrogens with zero attached hydrogens (tertiary/aromatic N) is 2. The van der Waals surface area contributed by atoms with Crippen molar-refractivity contribution >= 4 is 11.6 Å². The summed E-state index contributed by atoms with van der Waals surface area (Å²) in [5.41, 5.74) is 4.37. The lowest BCUT2D eigenvalue weighted by atomic mass is 9.99. The molecule has 0 spiro atoms. The van der Waals surface area contributed by atoms with Crippen molar-refractivity contribution in [1.29, 1.82) is 0 Å². The van der Waals surface area contributed by atoms with E-state index in [0.29, 0.717) is 11.5 Å². The van der Waals surface area contributed by atoms with Gasteiger partial charge in [0.05, 0.1) is 5.56 Å². The quantitative estimate of drug-likeness (QED) is 0.788. The van der Waals surface area contributed by atoms with Crippen LogP contribution in [0.2, 0.25) is 0 Å². The van der Waals surface area contributed by atoms with Crippen molar-refractivity contribution in [2.45, 2.75) is 25.7 Å². The van der Waals surface area contributed by atoms with E-state index >= 15 is 0 Å². The smallest absolute Gasteiger partial charge is 0.267 e. The molecule has 2 saturated carbocycles. The summed E-state index contributed by atoms with van der Waals surface area (Å²) in [6.45, 7) is 0. The number of pyridine rings is 1. The van der Waals surface area contributed by atoms with Crippen molar-refractivity contribution in [3.63, 3.8) is 0 Å². The highest BCUT2D eigenvalue weighted by Gasteiger charge is 2.36. The van der Waals surface area contributed by atoms with Crippen molar-refractivity contribution in [1.82, 2.24) is 10.4 Å². The molecule has 2 aliphatic rings. The number of carbonyl (C=O) groups is 1. The summed E-state index contributed by atoms with van der Waals surface area (Å²) >= 11 is 0. The van der Waals surface area contributed by atoms with Gasteiger partial charge in [0.25, 0.3) is 5.91 Å². The highest BCUT2D eigenvalue weighted by molar-refractivity contribution is 5.96. The van der Waals surface area contributed by atoms with Crippen LogP contribution in [0.4, 0.5) is 0 Å². The minimum atomic E-state index is -0.173. The zero-order valence-corrected chi connectivity index (χ0v) is 9.60. The average Bonchev–Trinajstić information content (AvgIpc) is 2.99. The van der Waals surface area contributed by atoms with Crippen LogP contribution in [-0.2, 0) is 0 Å². The summed E-state index contributed by atoms with van der Waals surface area (Å²) in [7, 11) is 0. The molecule has 2 fully saturated rings. The zero-order chi connectivity index (χ0) is 11.7. The van der Waals surface area contributed by atoms with Gasteiger partial charge in [0.15, 0.2) is 0 Å². The molecule has 1 amide bonds. The molecule has 2 bridgehead atoms. The Morgan fingerprint density at radius 3 is 3.06 bits per heavy atom. The average molecular weight is 229 g/mol. The van der Waals surface area contributed by atoms with Crippen LogP contribution in [0.1, 0.15) is 36.0 Å². The molecule has 4 nitrogen and oxygen atoms in total. The van der Waals surface area contributed by atoms with Gasteiger partial charge < -0.3 is 0 Å². The third-order valence-corrected chi connectivity index (χ3v) is 3.74. The Morgan fingerprint density at radius 1 is 1.47 bits per heavy atom. The van der Waals surface area contributed by atoms with Crippen LogP contribution in [0.3, 0.4) is 0 Å². The minimum absolute atomic E-state index is 0.173. The van der Waals surface area contributed by atoms with E-state index in [9.17, 15) is 4.79 Å². The number of carbonyl (C=O) groups excluding carboxylic acids is 1. The molecule has 17 heavy (non-hydrogen) atoms. The van der Waals surface area contributed by atoms with E-state index in [0.717, 1.165) is 12.3 Å². The maximum Gasteiger partial charge on any atom is 0.272 e. The van der Waals surface area contributed by atoms with E-state index in [1.807, 2.05) is 0 Å². The van der Waals surface area contributed by atoms with Gasteiger partial charge >= 0.3 is 0 Å². The van der Waals surface area contributed by atoms with Crippen LogP contribution in [0.5, 0.6) is 0 Å². The Labute approximate surface area is 100 Å². The molecule has 3 rings (SSSR count). The number of rotatable bonds is 2. The Hall–Kier alpha value is -1.71. The van der Waals surface area contributed by atoms with E-state index in [-0.39, 0.29) is 5.91 Å². The fourth-order valence-electron chi connectivity index (χ4n) is 2.85. The van der Waals surface area contributed by atoms with Gasteiger partial charge in [0, 0.05) is 18.1 Å². The largest absolute Gasteiger partial charge is 0.272 e. The lowest BCUT2D eigenvalue weighted by Gasteiger charge is -2.11. The van der Waals surface area contributed by atoms with Crippen molar-refractivity contribution in [2.75, 3.05) is 0 Å². The molecule has 1 aromatic heterocycles. The van der Waals surface area contributed by atoms with E-state index < -0.39 is 0 Å². The highest BCUT2D eigenvalue weighted by atomic mass is 16.2. The molecule has 2 aliphatic carbocycles. The van der Waals surface area contributed by atoms with Crippen LogP contribution < -0.4 is 5.43 Å². The molecule has 0 saturated heterocycles. The predicted molar refractivity (Wildman–Crippen MR) is 64.6 cm³/mol. The number of amides is 1. The van der Waals surface area contributed by atoms with Gasteiger partial charge in [-0.25, -0.2) is 5.43 Å². The maximum atomic E-state index is 11.7. The van der Waals surface area contributed by atoms with E-state index in [2.05, 4.69) is 15.5 Å². The lowest BCUT2D eigenvalue weighted by Crippen LogP contribution is -2.21. The number of hydrogen-bond acceptors (Lipinski definition) is 3. The van der Waals surface area contributed by atoms with Gasteiger partial charge in [-0.1, -0.05) is 0 Å². The summed E-state index contributed by atoms with van der Waals surface area (Å²) in [5.74, 6) is 1.26. The number of hydrazone groups is 1. The fraction of sp³-hybridized carbons (Fsp3) is 0.462. The van der Waals surface area contributed by atoms with Crippen LogP contribution in [0, 0.1) is 11.8 Å². The summed E-state index contributed by atoms with van der Waals surface area (Å²) in [4.78, 5) is 15.7. The van der Waals surface area contributed by atoms with Crippen molar-refractivity contribution < 1.29 is 4.79 Å². The third-order valence-electron chi connectivity index (χ3n) is 3.74. The van der Waals surface area contributed by atoms with Gasteiger partial charge in [-0.2, -0.15) is 5.10 Å². The molecule has 0 aromatic carbocycles. The molecule has 1 aromatic rings. The summed E-state index contributed by atoms with van der Waals surface area (Å²) in [5, 5.41) is 4.27. The van der Waals surface area contributed by atoms with Gasteiger partial charge in [0.2, 0.25) is 0 Å². The molecule has 2 unspecified atom stereocenters. The normalized spacial score (nSPS) is 28.6. The van der Waals surface area contributed by atoms with Gasteiger partial charge in [-0.3, -0.25) is 9.78 Å². The zero-order valence-electron chi connectivity index (χ0n) is 9.60. The maximum absolute atomic E-state index is 11.7. The Balaban J connectivity index is 1.65. The summed E-state index contributed by atoms with van der Waals surface area (Å²) in [6, 6.07) is 3.49. The first-order valence-corrected chi connectivity index (χ1v) is 6.10. The Kier molecular flexibility index (Phi) is 2.63. The molecule has 0 radical (unpaired) electrons. The second-order valence-corrected chi connectivity index (χ2v) is 4.87. The number of hydrogen-bond donors (Lipinski definition) is 1. The standard InChI is InChI=1S/C13H15N3O/c17-13(11-2-1-5-14-8-11)16-15-12-7-9-3-4-10(12)6-9/h1-2,5,8-10H,3-4,6-7H2,(H,16,17)/b15-12-. The van der Waals surface area contributed by atoms with Crippen molar-refractivity contribution in [3.8, 4) is 0 Å². The highest BCUT2D eigenvalue weighted by Crippen LogP contribution is 2.42. The van der Waals surface area contributed by atoms with Gasteiger partial charge in [0.1, 0.15) is 0 Å². The van der Waals surface area contributed by atoms with E-state index in [1.54, 1.807) is 24.5 Å². The molecular weight excluding hydrogens is 214 g/mol. The van der Waals surface area contributed by atoms with Crippen molar-refractivity contribution in [2.24, 2.45) is 16.9 Å². The first-order valence-electron chi connectivity index (χ1n) is 6.10. The second-order valence-electron chi connectivity index (χ2n) is 4.87. The Bertz CT molecular complexity index is 455. The van der Waals surface area contributed by atoms with Crippen LogP contribution in [0.15, 0.2) is 29.6 Å². The first-order chi connectivity index (χ1) is 8.33. The summed E-state index contributed by atoms with van der Waals surface area (Å²) in [6.07, 6.45) is 8.11. The lowest BCUT2D eigenvalue weighted by molar-refractivity contribution is 0.0954.